The Kier molecular flexibility index (Phi) is 8.73. The molecular weight excluding hydrogens is 184 g/mol. The fraction of sp³-hybridized carbons (Fsp3) is 0.846. The third-order valence-electron chi connectivity index (χ3n) is 2.67. The minimum absolute atomic E-state index is 0.658. The first-order valence-electron chi connectivity index (χ1n) is 6.13. The minimum Gasteiger partial charge on any atom is -0.317 e. The van der Waals surface area contributed by atoms with Crippen molar-refractivity contribution in [3.63, 3.8) is 0 Å². The van der Waals surface area contributed by atoms with Crippen LogP contribution in [-0.2, 0) is 0 Å². The smallest absolute Gasteiger partial charge is 0.0187 e. The summed E-state index contributed by atoms with van der Waals surface area (Å²) in [5, 5.41) is 3.43. The SMILES string of the molecule is C=C(C)CN(C)C(C)CCCNCCC. The van der Waals surface area contributed by atoms with Gasteiger partial charge in [-0.15, -0.1) is 0 Å². The standard InChI is InChI=1S/C13H28N2/c1-6-9-14-10-7-8-13(4)15(5)11-12(2)3/h13-14H,2,6-11H2,1,3-5H3. The molecule has 1 unspecified atom stereocenters. The lowest BCUT2D eigenvalue weighted by atomic mass is 10.1. The van der Waals surface area contributed by atoms with Crippen LogP contribution in [0.5, 0.6) is 0 Å². The number of nitrogens with one attached hydrogen (secondary N) is 1. The van der Waals surface area contributed by atoms with Crippen molar-refractivity contribution in [3.8, 4) is 0 Å². The highest BCUT2D eigenvalue weighted by Gasteiger charge is 2.07. The molecule has 0 saturated carbocycles. The van der Waals surface area contributed by atoms with Crippen molar-refractivity contribution >= 4 is 0 Å². The average Bonchev–Trinajstić information content (AvgIpc) is 2.16. The van der Waals surface area contributed by atoms with E-state index >= 15 is 0 Å². The molecule has 90 valence electrons. The molecule has 0 aromatic heterocycles. The summed E-state index contributed by atoms with van der Waals surface area (Å²) in [6.07, 6.45) is 3.76. The molecule has 15 heavy (non-hydrogen) atoms. The Morgan fingerprint density at radius 3 is 2.60 bits per heavy atom. The van der Waals surface area contributed by atoms with Crippen LogP contribution in [0.3, 0.4) is 0 Å². The van der Waals surface area contributed by atoms with Crippen molar-refractivity contribution in [3.05, 3.63) is 12.2 Å². The summed E-state index contributed by atoms with van der Waals surface area (Å²) in [6.45, 7) is 13.9. The van der Waals surface area contributed by atoms with E-state index in [9.17, 15) is 0 Å². The van der Waals surface area contributed by atoms with Gasteiger partial charge in [0.15, 0.2) is 0 Å². The lowest BCUT2D eigenvalue weighted by molar-refractivity contribution is 0.261. The summed E-state index contributed by atoms with van der Waals surface area (Å²) in [7, 11) is 2.18. The number of hydrogen-bond donors (Lipinski definition) is 1. The Labute approximate surface area is 95.7 Å². The molecule has 0 bridgehead atoms. The molecule has 0 heterocycles. The fourth-order valence-corrected chi connectivity index (χ4v) is 1.63. The van der Waals surface area contributed by atoms with Crippen LogP contribution >= 0.6 is 0 Å². The molecule has 0 amide bonds. The molecule has 0 rings (SSSR count). The van der Waals surface area contributed by atoms with Crippen molar-refractivity contribution in [1.29, 1.82) is 0 Å². The van der Waals surface area contributed by atoms with Crippen LogP contribution in [0.2, 0.25) is 0 Å². The van der Waals surface area contributed by atoms with Gasteiger partial charge in [-0.05, 0) is 53.2 Å². The van der Waals surface area contributed by atoms with Gasteiger partial charge < -0.3 is 5.32 Å². The third kappa shape index (κ3) is 8.64. The first-order chi connectivity index (χ1) is 7.07. The zero-order valence-electron chi connectivity index (χ0n) is 11.0. The molecule has 0 radical (unpaired) electrons. The molecule has 2 heteroatoms. The van der Waals surface area contributed by atoms with Crippen molar-refractivity contribution in [2.75, 3.05) is 26.7 Å². The molecule has 0 aliphatic rings. The molecular formula is C13H28N2. The van der Waals surface area contributed by atoms with E-state index in [2.05, 4.69) is 44.6 Å². The summed E-state index contributed by atoms with van der Waals surface area (Å²) in [5.74, 6) is 0. The Bertz CT molecular complexity index is 166. The molecule has 0 aromatic carbocycles. The monoisotopic (exact) mass is 212 g/mol. The van der Waals surface area contributed by atoms with E-state index in [4.69, 9.17) is 0 Å². The Morgan fingerprint density at radius 2 is 2.07 bits per heavy atom. The third-order valence-corrected chi connectivity index (χ3v) is 2.67. The molecule has 0 fully saturated rings. The molecule has 0 aromatic rings. The van der Waals surface area contributed by atoms with Crippen molar-refractivity contribution in [2.24, 2.45) is 0 Å². The summed E-state index contributed by atoms with van der Waals surface area (Å²) in [6, 6.07) is 0.658. The van der Waals surface area contributed by atoms with Crippen LogP contribution in [0.1, 0.15) is 40.0 Å². The Morgan fingerprint density at radius 1 is 1.40 bits per heavy atom. The first kappa shape index (κ1) is 14.7. The molecule has 1 atom stereocenters. The zero-order chi connectivity index (χ0) is 11.7. The number of likely N-dealkylation sites (N-methyl/N-ethyl adjacent to an activating group) is 1. The number of hydrogen-bond acceptors (Lipinski definition) is 2. The average molecular weight is 212 g/mol. The maximum Gasteiger partial charge on any atom is 0.0187 e. The quantitative estimate of drug-likeness (QED) is 0.467. The lowest BCUT2D eigenvalue weighted by Gasteiger charge is -2.24. The van der Waals surface area contributed by atoms with E-state index in [1.54, 1.807) is 0 Å². The van der Waals surface area contributed by atoms with Gasteiger partial charge in [-0.3, -0.25) is 4.90 Å². The second-order valence-corrected chi connectivity index (χ2v) is 4.61. The van der Waals surface area contributed by atoms with Crippen LogP contribution in [0.25, 0.3) is 0 Å². The molecule has 2 nitrogen and oxygen atoms in total. The van der Waals surface area contributed by atoms with Gasteiger partial charge in [0.2, 0.25) is 0 Å². The molecule has 0 aliphatic carbocycles. The summed E-state index contributed by atoms with van der Waals surface area (Å²) in [5.41, 5.74) is 1.24. The lowest BCUT2D eigenvalue weighted by Crippen LogP contribution is -2.31. The van der Waals surface area contributed by atoms with E-state index in [1.807, 2.05) is 0 Å². The van der Waals surface area contributed by atoms with Gasteiger partial charge in [-0.1, -0.05) is 19.1 Å². The van der Waals surface area contributed by atoms with E-state index in [0.29, 0.717) is 6.04 Å². The topological polar surface area (TPSA) is 15.3 Å². The highest BCUT2D eigenvalue weighted by molar-refractivity contribution is 4.91. The second kappa shape index (κ2) is 8.93. The van der Waals surface area contributed by atoms with Gasteiger partial charge in [0.1, 0.15) is 0 Å². The van der Waals surface area contributed by atoms with Crippen LogP contribution in [0, 0.1) is 0 Å². The van der Waals surface area contributed by atoms with E-state index in [0.717, 1.165) is 19.6 Å². The summed E-state index contributed by atoms with van der Waals surface area (Å²) >= 11 is 0. The Balaban J connectivity index is 3.46. The van der Waals surface area contributed by atoms with E-state index in [-0.39, 0.29) is 0 Å². The van der Waals surface area contributed by atoms with Crippen molar-refractivity contribution in [2.45, 2.75) is 46.1 Å². The minimum atomic E-state index is 0.658. The largest absolute Gasteiger partial charge is 0.317 e. The second-order valence-electron chi connectivity index (χ2n) is 4.61. The molecule has 0 saturated heterocycles. The van der Waals surface area contributed by atoms with E-state index < -0.39 is 0 Å². The maximum absolute atomic E-state index is 3.94. The van der Waals surface area contributed by atoms with Crippen molar-refractivity contribution in [1.82, 2.24) is 10.2 Å². The summed E-state index contributed by atoms with van der Waals surface area (Å²) in [4.78, 5) is 2.38. The first-order valence-corrected chi connectivity index (χ1v) is 6.13. The van der Waals surface area contributed by atoms with Gasteiger partial charge >= 0.3 is 0 Å². The fourth-order valence-electron chi connectivity index (χ4n) is 1.63. The zero-order valence-corrected chi connectivity index (χ0v) is 11.0. The van der Waals surface area contributed by atoms with E-state index in [1.165, 1.54) is 24.8 Å². The molecule has 0 aliphatic heterocycles. The predicted octanol–water partition coefficient (Wildman–Crippen LogP) is 2.66. The molecule has 0 spiro atoms. The van der Waals surface area contributed by atoms with Gasteiger partial charge in [-0.2, -0.15) is 0 Å². The van der Waals surface area contributed by atoms with Gasteiger partial charge in [0.05, 0.1) is 0 Å². The molecule has 1 N–H and O–H groups in total. The Hall–Kier alpha value is -0.340. The normalized spacial score (nSPS) is 13.1. The van der Waals surface area contributed by atoms with Crippen LogP contribution < -0.4 is 5.32 Å². The highest BCUT2D eigenvalue weighted by Crippen LogP contribution is 2.05. The van der Waals surface area contributed by atoms with Crippen LogP contribution in [0.15, 0.2) is 12.2 Å². The van der Waals surface area contributed by atoms with Crippen molar-refractivity contribution < 1.29 is 0 Å². The maximum atomic E-state index is 3.94. The summed E-state index contributed by atoms with van der Waals surface area (Å²) < 4.78 is 0. The van der Waals surface area contributed by atoms with Crippen LogP contribution in [-0.4, -0.2) is 37.6 Å². The number of rotatable bonds is 9. The van der Waals surface area contributed by atoms with Crippen LogP contribution in [0.4, 0.5) is 0 Å². The number of nitrogens with zero attached hydrogens (tertiary/aromatic N) is 1. The van der Waals surface area contributed by atoms with Gasteiger partial charge in [0.25, 0.3) is 0 Å². The van der Waals surface area contributed by atoms with Gasteiger partial charge in [-0.25, -0.2) is 0 Å². The highest BCUT2D eigenvalue weighted by atomic mass is 15.1. The van der Waals surface area contributed by atoms with Gasteiger partial charge in [0, 0.05) is 12.6 Å². The predicted molar refractivity (Wildman–Crippen MR) is 69.3 cm³/mol.